The number of aliphatic carboxylic acids is 1. The van der Waals surface area contributed by atoms with E-state index >= 15 is 0 Å². The number of amides is 2. The number of rotatable bonds is 1. The molecule has 0 saturated carbocycles. The lowest BCUT2D eigenvalue weighted by molar-refractivity contribution is -0.142. The Morgan fingerprint density at radius 3 is 2.26 bits per heavy atom. The van der Waals surface area contributed by atoms with Gasteiger partial charge in [-0.15, -0.1) is 0 Å². The summed E-state index contributed by atoms with van der Waals surface area (Å²) in [6.45, 7) is 8.12. The number of carboxylic acid groups (broad SMARTS) is 1. The lowest BCUT2D eigenvalue weighted by Crippen LogP contribution is -2.53. The van der Waals surface area contributed by atoms with Gasteiger partial charge in [-0.25, -0.2) is 9.59 Å². The van der Waals surface area contributed by atoms with Gasteiger partial charge in [0.25, 0.3) is 0 Å². The Labute approximate surface area is 118 Å². The molecular weight excluding hydrogens is 264 g/mol. The minimum absolute atomic E-state index is 0.0375. The Bertz CT molecular complexity index is 367. The Balaban J connectivity index is 2.08. The highest BCUT2D eigenvalue weighted by molar-refractivity contribution is 8.00. The van der Waals surface area contributed by atoms with Crippen LogP contribution in [0.4, 0.5) is 4.79 Å². The summed E-state index contributed by atoms with van der Waals surface area (Å²) in [5, 5.41) is 10.1. The SMILES string of the molecule is CC1CN(C(=O)N2CCC(C)C2C(=O)O)CC(C)S1. The average Bonchev–Trinajstić information content (AvgIpc) is 2.68. The van der Waals surface area contributed by atoms with Gasteiger partial charge >= 0.3 is 12.0 Å². The van der Waals surface area contributed by atoms with Crippen LogP contribution in [-0.4, -0.2) is 63.1 Å². The van der Waals surface area contributed by atoms with E-state index in [0.29, 0.717) is 30.1 Å². The van der Waals surface area contributed by atoms with Crippen molar-refractivity contribution in [3.8, 4) is 0 Å². The second kappa shape index (κ2) is 5.61. The van der Waals surface area contributed by atoms with Crippen LogP contribution in [0.2, 0.25) is 0 Å². The fraction of sp³-hybridized carbons (Fsp3) is 0.846. The molecule has 2 heterocycles. The van der Waals surface area contributed by atoms with Gasteiger partial charge in [-0.3, -0.25) is 0 Å². The topological polar surface area (TPSA) is 60.9 Å². The molecule has 108 valence electrons. The van der Waals surface area contributed by atoms with Crippen LogP contribution in [0.5, 0.6) is 0 Å². The zero-order valence-corrected chi connectivity index (χ0v) is 12.5. The second-order valence-electron chi connectivity index (χ2n) is 5.69. The molecule has 4 unspecified atom stereocenters. The quantitative estimate of drug-likeness (QED) is 0.797. The van der Waals surface area contributed by atoms with Gasteiger partial charge in [0.05, 0.1) is 0 Å². The normalized spacial score (nSPS) is 35.5. The molecular formula is C13H22N2O3S. The van der Waals surface area contributed by atoms with Crippen molar-refractivity contribution in [2.24, 2.45) is 5.92 Å². The van der Waals surface area contributed by atoms with E-state index in [9.17, 15) is 14.7 Å². The van der Waals surface area contributed by atoms with E-state index in [0.717, 1.165) is 6.42 Å². The first kappa shape index (κ1) is 14.5. The maximum absolute atomic E-state index is 12.5. The molecule has 2 rings (SSSR count). The third-order valence-corrected chi connectivity index (χ3v) is 5.12. The fourth-order valence-electron chi connectivity index (χ4n) is 3.05. The maximum Gasteiger partial charge on any atom is 0.326 e. The Kier molecular flexibility index (Phi) is 4.28. The molecule has 2 fully saturated rings. The van der Waals surface area contributed by atoms with Crippen molar-refractivity contribution >= 4 is 23.8 Å². The number of nitrogens with zero attached hydrogens (tertiary/aromatic N) is 2. The molecule has 0 spiro atoms. The zero-order valence-electron chi connectivity index (χ0n) is 11.7. The van der Waals surface area contributed by atoms with Crippen LogP contribution in [-0.2, 0) is 4.79 Å². The predicted octanol–water partition coefficient (Wildman–Crippen LogP) is 1.73. The van der Waals surface area contributed by atoms with Crippen LogP contribution in [0, 0.1) is 5.92 Å². The molecule has 0 aromatic carbocycles. The van der Waals surface area contributed by atoms with Crippen LogP contribution in [0.15, 0.2) is 0 Å². The van der Waals surface area contributed by atoms with E-state index in [-0.39, 0.29) is 11.9 Å². The van der Waals surface area contributed by atoms with Gasteiger partial charge < -0.3 is 14.9 Å². The summed E-state index contributed by atoms with van der Waals surface area (Å²) in [7, 11) is 0. The van der Waals surface area contributed by atoms with Crippen molar-refractivity contribution in [1.82, 2.24) is 9.80 Å². The number of carboxylic acids is 1. The molecule has 0 radical (unpaired) electrons. The summed E-state index contributed by atoms with van der Waals surface area (Å²) < 4.78 is 0. The number of hydrogen-bond acceptors (Lipinski definition) is 3. The van der Waals surface area contributed by atoms with Gasteiger partial charge in [-0.05, 0) is 12.3 Å². The maximum atomic E-state index is 12.5. The molecule has 1 N–H and O–H groups in total. The third kappa shape index (κ3) is 2.99. The Morgan fingerprint density at radius 1 is 1.16 bits per heavy atom. The molecule has 2 aliphatic rings. The lowest BCUT2D eigenvalue weighted by atomic mass is 10.0. The molecule has 5 nitrogen and oxygen atoms in total. The van der Waals surface area contributed by atoms with Crippen molar-refractivity contribution in [3.05, 3.63) is 0 Å². The second-order valence-corrected chi connectivity index (χ2v) is 7.57. The third-order valence-electron chi connectivity index (χ3n) is 3.89. The van der Waals surface area contributed by atoms with E-state index in [1.54, 1.807) is 4.90 Å². The number of carbonyl (C=O) groups is 2. The van der Waals surface area contributed by atoms with Gasteiger partial charge in [0.15, 0.2) is 0 Å². The highest BCUT2D eigenvalue weighted by atomic mass is 32.2. The molecule has 4 atom stereocenters. The summed E-state index contributed by atoms with van der Waals surface area (Å²) in [5.41, 5.74) is 0. The summed E-state index contributed by atoms with van der Waals surface area (Å²) in [4.78, 5) is 27.2. The number of likely N-dealkylation sites (tertiary alicyclic amines) is 1. The first-order valence-corrected chi connectivity index (χ1v) is 7.78. The average molecular weight is 286 g/mol. The van der Waals surface area contributed by atoms with E-state index in [4.69, 9.17) is 0 Å². The molecule has 2 amide bonds. The summed E-state index contributed by atoms with van der Waals surface area (Å²) in [6.07, 6.45) is 0.774. The van der Waals surface area contributed by atoms with Gasteiger partial charge in [0.1, 0.15) is 6.04 Å². The van der Waals surface area contributed by atoms with Crippen LogP contribution in [0.25, 0.3) is 0 Å². The molecule has 6 heteroatoms. The number of urea groups is 1. The van der Waals surface area contributed by atoms with Crippen molar-refractivity contribution in [1.29, 1.82) is 0 Å². The molecule has 0 bridgehead atoms. The van der Waals surface area contributed by atoms with Crippen LogP contribution in [0.3, 0.4) is 0 Å². The highest BCUT2D eigenvalue weighted by Gasteiger charge is 2.42. The summed E-state index contributed by atoms with van der Waals surface area (Å²) >= 11 is 1.88. The van der Waals surface area contributed by atoms with E-state index < -0.39 is 12.0 Å². The van der Waals surface area contributed by atoms with E-state index in [2.05, 4.69) is 13.8 Å². The predicted molar refractivity (Wildman–Crippen MR) is 75.4 cm³/mol. The van der Waals surface area contributed by atoms with Crippen LogP contribution < -0.4 is 0 Å². The Hall–Kier alpha value is -0.910. The fourth-order valence-corrected chi connectivity index (χ4v) is 4.38. The van der Waals surface area contributed by atoms with Crippen LogP contribution in [0.1, 0.15) is 27.2 Å². The molecule has 19 heavy (non-hydrogen) atoms. The van der Waals surface area contributed by atoms with Crippen molar-refractivity contribution in [2.45, 2.75) is 43.7 Å². The standard InChI is InChI=1S/C13H22N2O3S/c1-8-4-5-15(11(8)12(16)17)13(18)14-6-9(2)19-10(3)7-14/h8-11H,4-7H2,1-3H3,(H,16,17). The summed E-state index contributed by atoms with van der Waals surface area (Å²) in [5.74, 6) is -0.846. The smallest absolute Gasteiger partial charge is 0.326 e. The van der Waals surface area contributed by atoms with Gasteiger partial charge in [-0.1, -0.05) is 20.8 Å². The lowest BCUT2D eigenvalue weighted by Gasteiger charge is -2.38. The number of thioether (sulfide) groups is 1. The minimum atomic E-state index is -0.883. The van der Waals surface area contributed by atoms with Crippen LogP contribution >= 0.6 is 11.8 Å². The number of carbonyl (C=O) groups excluding carboxylic acids is 1. The molecule has 0 aromatic rings. The monoisotopic (exact) mass is 286 g/mol. The minimum Gasteiger partial charge on any atom is -0.480 e. The van der Waals surface area contributed by atoms with Gasteiger partial charge in [0, 0.05) is 30.1 Å². The highest BCUT2D eigenvalue weighted by Crippen LogP contribution is 2.29. The van der Waals surface area contributed by atoms with Gasteiger partial charge in [-0.2, -0.15) is 11.8 Å². The zero-order chi connectivity index (χ0) is 14.2. The molecule has 0 aliphatic carbocycles. The van der Waals surface area contributed by atoms with Crippen molar-refractivity contribution < 1.29 is 14.7 Å². The first-order valence-electron chi connectivity index (χ1n) is 6.84. The largest absolute Gasteiger partial charge is 0.480 e. The molecule has 0 aromatic heterocycles. The van der Waals surface area contributed by atoms with Crippen molar-refractivity contribution in [3.63, 3.8) is 0 Å². The molecule has 2 aliphatic heterocycles. The number of hydrogen-bond donors (Lipinski definition) is 1. The van der Waals surface area contributed by atoms with Gasteiger partial charge in [0.2, 0.25) is 0 Å². The summed E-state index contributed by atoms with van der Waals surface area (Å²) in [6, 6.07) is -0.761. The van der Waals surface area contributed by atoms with E-state index in [1.165, 1.54) is 0 Å². The Morgan fingerprint density at radius 2 is 1.74 bits per heavy atom. The van der Waals surface area contributed by atoms with Crippen molar-refractivity contribution in [2.75, 3.05) is 19.6 Å². The first-order chi connectivity index (χ1) is 8.90. The molecule has 2 saturated heterocycles. The van der Waals surface area contributed by atoms with E-state index in [1.807, 2.05) is 23.6 Å².